The second kappa shape index (κ2) is 5.52. The van der Waals surface area contributed by atoms with Crippen molar-refractivity contribution < 1.29 is 14.7 Å². The number of nitrogens with zero attached hydrogens (tertiary/aromatic N) is 1. The normalized spacial score (nSPS) is 21.2. The van der Waals surface area contributed by atoms with E-state index in [1.54, 1.807) is 0 Å². The number of carbonyl (C=O) groups is 2. The number of rotatable bonds is 5. The molecule has 2 saturated carbocycles. The molecule has 0 heterocycles. The molecule has 0 unspecified atom stereocenters. The Morgan fingerprint density at radius 1 is 1.06 bits per heavy atom. The molecule has 2 rings (SSSR count). The van der Waals surface area contributed by atoms with Crippen LogP contribution in [0.4, 0.5) is 0 Å². The number of carbonyl (C=O) groups excluding carboxylic acids is 1. The third-order valence-electron chi connectivity index (χ3n) is 3.79. The van der Waals surface area contributed by atoms with Crippen LogP contribution in [0.5, 0.6) is 0 Å². The highest BCUT2D eigenvalue weighted by molar-refractivity contribution is 5.81. The Balaban J connectivity index is 1.94. The van der Waals surface area contributed by atoms with Crippen LogP contribution in [-0.2, 0) is 9.59 Å². The zero-order valence-corrected chi connectivity index (χ0v) is 10.2. The van der Waals surface area contributed by atoms with Gasteiger partial charge in [0.1, 0.15) is 0 Å². The lowest BCUT2D eigenvalue weighted by Crippen LogP contribution is -2.43. The molecular formula is C13H21NO3. The molecule has 2 fully saturated rings. The summed E-state index contributed by atoms with van der Waals surface area (Å²) in [5.74, 6) is -0.404. The van der Waals surface area contributed by atoms with E-state index in [0.29, 0.717) is 12.6 Å². The van der Waals surface area contributed by atoms with Gasteiger partial charge in [-0.25, -0.2) is 0 Å². The van der Waals surface area contributed by atoms with E-state index in [0.717, 1.165) is 25.7 Å². The first-order chi connectivity index (χ1) is 8.18. The predicted octanol–water partition coefficient (Wildman–Crippen LogP) is 2.03. The number of aliphatic carboxylic acids is 1. The summed E-state index contributed by atoms with van der Waals surface area (Å²) < 4.78 is 0. The van der Waals surface area contributed by atoms with Crippen LogP contribution >= 0.6 is 0 Å². The first kappa shape index (κ1) is 12.4. The van der Waals surface area contributed by atoms with Crippen molar-refractivity contribution in [3.63, 3.8) is 0 Å². The fraction of sp³-hybridized carbons (Fsp3) is 0.846. The second-order valence-electron chi connectivity index (χ2n) is 5.24. The van der Waals surface area contributed by atoms with Crippen LogP contribution in [0.3, 0.4) is 0 Å². The highest BCUT2D eigenvalue weighted by Gasteiger charge is 2.36. The van der Waals surface area contributed by atoms with Crippen LogP contribution in [0.1, 0.15) is 51.4 Å². The highest BCUT2D eigenvalue weighted by atomic mass is 16.4. The molecule has 0 aromatic heterocycles. The monoisotopic (exact) mass is 239 g/mol. The molecule has 0 bridgehead atoms. The van der Waals surface area contributed by atoms with Gasteiger partial charge in [-0.1, -0.05) is 19.3 Å². The average molecular weight is 239 g/mol. The Hall–Kier alpha value is -1.06. The number of carboxylic acid groups (broad SMARTS) is 1. The van der Waals surface area contributed by atoms with E-state index in [2.05, 4.69) is 0 Å². The van der Waals surface area contributed by atoms with Gasteiger partial charge < -0.3 is 10.0 Å². The van der Waals surface area contributed by atoms with Crippen LogP contribution < -0.4 is 0 Å². The lowest BCUT2D eigenvalue weighted by Gasteiger charge is -2.34. The zero-order chi connectivity index (χ0) is 12.3. The standard InChI is InChI=1S/C13H21NO3/c15-12(16)8-9-14(13(17)10-6-7-10)11-4-2-1-3-5-11/h10-11H,1-9H2,(H,15,16). The molecule has 4 nitrogen and oxygen atoms in total. The molecule has 2 aliphatic carbocycles. The van der Waals surface area contributed by atoms with Crippen LogP contribution in [0.25, 0.3) is 0 Å². The maximum absolute atomic E-state index is 12.2. The molecule has 0 aromatic rings. The van der Waals surface area contributed by atoms with Gasteiger partial charge >= 0.3 is 5.97 Å². The SMILES string of the molecule is O=C(O)CCN(C(=O)C1CC1)C1CCCCC1. The summed E-state index contributed by atoms with van der Waals surface area (Å²) in [6.07, 6.45) is 7.77. The molecule has 1 amide bonds. The molecule has 0 radical (unpaired) electrons. The summed E-state index contributed by atoms with van der Waals surface area (Å²) in [4.78, 5) is 24.7. The fourth-order valence-corrected chi connectivity index (χ4v) is 2.65. The molecule has 1 N–H and O–H groups in total. The minimum absolute atomic E-state index is 0.0783. The Labute approximate surface area is 102 Å². The van der Waals surface area contributed by atoms with Gasteiger partial charge in [0.25, 0.3) is 0 Å². The van der Waals surface area contributed by atoms with E-state index >= 15 is 0 Å². The Bertz CT molecular complexity index is 293. The lowest BCUT2D eigenvalue weighted by atomic mass is 9.93. The van der Waals surface area contributed by atoms with Crippen molar-refractivity contribution in [2.75, 3.05) is 6.54 Å². The topological polar surface area (TPSA) is 57.6 Å². The molecule has 0 saturated heterocycles. The molecule has 0 aromatic carbocycles. The zero-order valence-electron chi connectivity index (χ0n) is 10.2. The largest absolute Gasteiger partial charge is 0.481 e. The highest BCUT2D eigenvalue weighted by Crippen LogP contribution is 2.33. The summed E-state index contributed by atoms with van der Waals surface area (Å²) in [6, 6.07) is 0.302. The minimum Gasteiger partial charge on any atom is -0.481 e. The van der Waals surface area contributed by atoms with E-state index in [9.17, 15) is 9.59 Å². The third-order valence-corrected chi connectivity index (χ3v) is 3.79. The summed E-state index contributed by atoms with van der Waals surface area (Å²) in [6.45, 7) is 0.398. The molecule has 96 valence electrons. The number of carboxylic acids is 1. The van der Waals surface area contributed by atoms with E-state index in [1.807, 2.05) is 4.90 Å². The second-order valence-corrected chi connectivity index (χ2v) is 5.24. The summed E-state index contributed by atoms with van der Waals surface area (Å²) in [5, 5.41) is 8.76. The Morgan fingerprint density at radius 2 is 1.71 bits per heavy atom. The Kier molecular flexibility index (Phi) is 4.02. The quantitative estimate of drug-likeness (QED) is 0.798. The first-order valence-electron chi connectivity index (χ1n) is 6.71. The van der Waals surface area contributed by atoms with Crippen LogP contribution in [-0.4, -0.2) is 34.5 Å². The van der Waals surface area contributed by atoms with E-state index in [1.165, 1.54) is 19.3 Å². The summed E-state index contributed by atoms with van der Waals surface area (Å²) in [5.41, 5.74) is 0. The van der Waals surface area contributed by atoms with Gasteiger partial charge in [0.2, 0.25) is 5.91 Å². The van der Waals surface area contributed by atoms with Crippen molar-refractivity contribution in [3.05, 3.63) is 0 Å². The van der Waals surface area contributed by atoms with Gasteiger partial charge in [-0.2, -0.15) is 0 Å². The first-order valence-corrected chi connectivity index (χ1v) is 6.71. The Morgan fingerprint density at radius 3 is 2.24 bits per heavy atom. The van der Waals surface area contributed by atoms with Gasteiger partial charge in [-0.3, -0.25) is 9.59 Å². The van der Waals surface area contributed by atoms with Gasteiger partial charge in [-0.15, -0.1) is 0 Å². The molecular weight excluding hydrogens is 218 g/mol. The smallest absolute Gasteiger partial charge is 0.305 e. The molecule has 4 heteroatoms. The molecule has 0 aliphatic heterocycles. The number of hydrogen-bond acceptors (Lipinski definition) is 2. The van der Waals surface area contributed by atoms with Gasteiger partial charge in [0, 0.05) is 18.5 Å². The number of hydrogen-bond donors (Lipinski definition) is 1. The van der Waals surface area contributed by atoms with Crippen molar-refractivity contribution in [2.24, 2.45) is 5.92 Å². The van der Waals surface area contributed by atoms with Crippen molar-refractivity contribution in [1.82, 2.24) is 4.90 Å². The van der Waals surface area contributed by atoms with E-state index in [-0.39, 0.29) is 18.2 Å². The summed E-state index contributed by atoms with van der Waals surface area (Å²) in [7, 11) is 0. The van der Waals surface area contributed by atoms with Crippen LogP contribution in [0, 0.1) is 5.92 Å². The summed E-state index contributed by atoms with van der Waals surface area (Å²) >= 11 is 0. The number of amides is 1. The van der Waals surface area contributed by atoms with Crippen molar-refractivity contribution in [3.8, 4) is 0 Å². The minimum atomic E-state index is -0.811. The van der Waals surface area contributed by atoms with Crippen LogP contribution in [0.15, 0.2) is 0 Å². The molecule has 0 spiro atoms. The van der Waals surface area contributed by atoms with Crippen molar-refractivity contribution in [1.29, 1.82) is 0 Å². The maximum atomic E-state index is 12.2. The van der Waals surface area contributed by atoms with Gasteiger partial charge in [0.05, 0.1) is 6.42 Å². The van der Waals surface area contributed by atoms with Gasteiger partial charge in [0.15, 0.2) is 0 Å². The fourth-order valence-electron chi connectivity index (χ4n) is 2.65. The molecule has 0 atom stereocenters. The predicted molar refractivity (Wildman–Crippen MR) is 63.6 cm³/mol. The lowest BCUT2D eigenvalue weighted by molar-refractivity contribution is -0.140. The molecule has 17 heavy (non-hydrogen) atoms. The maximum Gasteiger partial charge on any atom is 0.305 e. The van der Waals surface area contributed by atoms with Crippen molar-refractivity contribution in [2.45, 2.75) is 57.4 Å². The van der Waals surface area contributed by atoms with E-state index in [4.69, 9.17) is 5.11 Å². The average Bonchev–Trinajstić information content (AvgIpc) is 3.14. The third kappa shape index (κ3) is 3.45. The molecule has 2 aliphatic rings. The van der Waals surface area contributed by atoms with Gasteiger partial charge in [-0.05, 0) is 25.7 Å². The van der Waals surface area contributed by atoms with E-state index < -0.39 is 5.97 Å². The van der Waals surface area contributed by atoms with Crippen LogP contribution in [0.2, 0.25) is 0 Å². The van der Waals surface area contributed by atoms with Crippen molar-refractivity contribution >= 4 is 11.9 Å².